The first kappa shape index (κ1) is 21.3. The lowest BCUT2D eigenvalue weighted by Crippen LogP contribution is -2.22. The van der Waals surface area contributed by atoms with Crippen molar-refractivity contribution >= 4 is 21.9 Å². The molecule has 158 valence electrons. The van der Waals surface area contributed by atoms with Gasteiger partial charge in [-0.15, -0.1) is 5.10 Å². The fraction of sp³-hybridized carbons (Fsp3) is 0.211. The summed E-state index contributed by atoms with van der Waals surface area (Å²) in [6, 6.07) is 10.6. The van der Waals surface area contributed by atoms with E-state index in [-0.39, 0.29) is 22.4 Å². The van der Waals surface area contributed by atoms with E-state index in [0.717, 1.165) is 4.31 Å². The minimum absolute atomic E-state index is 0.120. The smallest absolute Gasteiger partial charge is 0.322 e. The van der Waals surface area contributed by atoms with Crippen molar-refractivity contribution in [3.05, 3.63) is 48.0 Å². The molecule has 0 fully saturated rings. The van der Waals surface area contributed by atoms with Crippen LogP contribution in [-0.4, -0.2) is 57.1 Å². The number of ether oxygens (including phenoxy) is 2. The molecule has 0 spiro atoms. The predicted octanol–water partition coefficient (Wildman–Crippen LogP) is 2.26. The Kier molecular flexibility index (Phi) is 6.04. The second-order valence-electron chi connectivity index (χ2n) is 6.24. The summed E-state index contributed by atoms with van der Waals surface area (Å²) in [6.45, 7) is 0. The summed E-state index contributed by atoms with van der Waals surface area (Å²) in [5, 5.41) is 10.2. The van der Waals surface area contributed by atoms with Gasteiger partial charge in [0.15, 0.2) is 0 Å². The number of sulfonamides is 1. The van der Waals surface area contributed by atoms with Crippen LogP contribution in [-0.2, 0) is 10.0 Å². The van der Waals surface area contributed by atoms with Gasteiger partial charge in [-0.1, -0.05) is 5.10 Å². The molecule has 3 aromatic rings. The Balaban J connectivity index is 1.80. The molecule has 2 aromatic carbocycles. The molecule has 1 amide bonds. The van der Waals surface area contributed by atoms with Crippen LogP contribution in [0.4, 0.5) is 6.01 Å². The molecular formula is C19H20N4O6S. The molecule has 0 aliphatic carbocycles. The van der Waals surface area contributed by atoms with Gasteiger partial charge in [0.1, 0.15) is 11.5 Å². The van der Waals surface area contributed by atoms with Crippen molar-refractivity contribution in [1.29, 1.82) is 0 Å². The molecule has 11 heteroatoms. The molecule has 0 saturated heterocycles. The Morgan fingerprint density at radius 3 is 2.33 bits per heavy atom. The van der Waals surface area contributed by atoms with Crippen LogP contribution in [0, 0.1) is 0 Å². The molecule has 0 bridgehead atoms. The number of nitrogens with one attached hydrogen (secondary N) is 1. The van der Waals surface area contributed by atoms with Crippen LogP contribution >= 0.6 is 0 Å². The highest BCUT2D eigenvalue weighted by molar-refractivity contribution is 7.89. The molecule has 1 heterocycles. The summed E-state index contributed by atoms with van der Waals surface area (Å²) in [5.74, 6) is 0.441. The molecule has 0 radical (unpaired) electrons. The number of hydrogen-bond donors (Lipinski definition) is 1. The van der Waals surface area contributed by atoms with Gasteiger partial charge in [0.05, 0.1) is 24.7 Å². The number of benzene rings is 2. The summed E-state index contributed by atoms with van der Waals surface area (Å²) in [4.78, 5) is 12.7. The minimum atomic E-state index is -3.54. The zero-order valence-electron chi connectivity index (χ0n) is 16.7. The molecule has 3 rings (SSSR count). The van der Waals surface area contributed by atoms with Gasteiger partial charge in [0, 0.05) is 19.7 Å². The number of hydrogen-bond acceptors (Lipinski definition) is 8. The van der Waals surface area contributed by atoms with Gasteiger partial charge < -0.3 is 13.9 Å². The van der Waals surface area contributed by atoms with Crippen molar-refractivity contribution in [3.63, 3.8) is 0 Å². The van der Waals surface area contributed by atoms with Crippen molar-refractivity contribution in [1.82, 2.24) is 14.5 Å². The highest BCUT2D eigenvalue weighted by Gasteiger charge is 2.19. The van der Waals surface area contributed by atoms with Gasteiger partial charge in [0.25, 0.3) is 5.91 Å². The van der Waals surface area contributed by atoms with Crippen LogP contribution in [0.3, 0.4) is 0 Å². The van der Waals surface area contributed by atoms with Crippen molar-refractivity contribution in [2.45, 2.75) is 4.90 Å². The first-order chi connectivity index (χ1) is 14.3. The molecule has 1 N–H and O–H groups in total. The lowest BCUT2D eigenvalue weighted by atomic mass is 10.1. The van der Waals surface area contributed by atoms with E-state index in [1.807, 2.05) is 0 Å². The predicted molar refractivity (Wildman–Crippen MR) is 108 cm³/mol. The number of aromatic nitrogens is 2. The standard InChI is InChI=1S/C19H20N4O6S/c1-23(2)30(25,26)14-8-5-12(6-9-14)18-21-22-19(29-18)20-17(24)15-11-13(27-3)7-10-16(15)28-4/h5-11H,1-4H3,(H,20,22,24). The fourth-order valence-electron chi connectivity index (χ4n) is 2.53. The first-order valence-electron chi connectivity index (χ1n) is 8.66. The summed E-state index contributed by atoms with van der Waals surface area (Å²) >= 11 is 0. The maximum Gasteiger partial charge on any atom is 0.322 e. The maximum atomic E-state index is 12.6. The summed E-state index contributed by atoms with van der Waals surface area (Å²) in [6.07, 6.45) is 0. The summed E-state index contributed by atoms with van der Waals surface area (Å²) < 4.78 is 41.2. The molecule has 1 aromatic heterocycles. The fourth-order valence-corrected chi connectivity index (χ4v) is 3.43. The molecule has 0 atom stereocenters. The van der Waals surface area contributed by atoms with Crippen molar-refractivity contribution < 1.29 is 27.1 Å². The Labute approximate surface area is 173 Å². The Morgan fingerprint density at radius 1 is 1.03 bits per heavy atom. The van der Waals surface area contributed by atoms with Crippen LogP contribution in [0.5, 0.6) is 11.5 Å². The van der Waals surface area contributed by atoms with Crippen LogP contribution < -0.4 is 14.8 Å². The second-order valence-corrected chi connectivity index (χ2v) is 8.40. The van der Waals surface area contributed by atoms with Crippen molar-refractivity contribution in [3.8, 4) is 23.0 Å². The highest BCUT2D eigenvalue weighted by atomic mass is 32.2. The maximum absolute atomic E-state index is 12.6. The number of carbonyl (C=O) groups is 1. The number of rotatable bonds is 7. The van der Waals surface area contributed by atoms with Gasteiger partial charge in [-0.05, 0) is 42.5 Å². The zero-order valence-corrected chi connectivity index (χ0v) is 17.6. The van der Waals surface area contributed by atoms with Gasteiger partial charge in [0.2, 0.25) is 15.9 Å². The molecule has 0 aliphatic heterocycles. The van der Waals surface area contributed by atoms with E-state index in [0.29, 0.717) is 17.1 Å². The number of nitrogens with zero attached hydrogens (tertiary/aromatic N) is 3. The SMILES string of the molecule is COc1ccc(OC)c(C(=O)Nc2nnc(-c3ccc(S(=O)(=O)N(C)C)cc3)o2)c1. The van der Waals surface area contributed by atoms with Crippen LogP contribution in [0.2, 0.25) is 0 Å². The molecule has 0 aliphatic rings. The largest absolute Gasteiger partial charge is 0.497 e. The van der Waals surface area contributed by atoms with Crippen LogP contribution in [0.1, 0.15) is 10.4 Å². The average Bonchev–Trinajstić information content (AvgIpc) is 3.21. The molecule has 10 nitrogen and oxygen atoms in total. The van der Waals surface area contributed by atoms with E-state index in [9.17, 15) is 13.2 Å². The minimum Gasteiger partial charge on any atom is -0.497 e. The Morgan fingerprint density at radius 2 is 1.73 bits per heavy atom. The third-order valence-corrected chi connectivity index (χ3v) is 6.01. The van der Waals surface area contributed by atoms with Gasteiger partial charge >= 0.3 is 6.01 Å². The van der Waals surface area contributed by atoms with Crippen LogP contribution in [0.25, 0.3) is 11.5 Å². The van der Waals surface area contributed by atoms with Crippen molar-refractivity contribution in [2.75, 3.05) is 33.6 Å². The van der Waals surface area contributed by atoms with Crippen LogP contribution in [0.15, 0.2) is 51.8 Å². The quantitative estimate of drug-likeness (QED) is 0.603. The van der Waals surface area contributed by atoms with E-state index in [1.54, 1.807) is 24.3 Å². The molecule has 30 heavy (non-hydrogen) atoms. The van der Waals surface area contributed by atoms with Gasteiger partial charge in [-0.2, -0.15) is 0 Å². The van der Waals surface area contributed by atoms with Gasteiger partial charge in [-0.25, -0.2) is 12.7 Å². The zero-order chi connectivity index (χ0) is 21.9. The Bertz CT molecular complexity index is 1160. The monoisotopic (exact) mass is 432 g/mol. The lowest BCUT2D eigenvalue weighted by molar-refractivity contribution is 0.102. The third-order valence-electron chi connectivity index (χ3n) is 4.18. The molecular weight excluding hydrogens is 412 g/mol. The van der Waals surface area contributed by atoms with E-state index < -0.39 is 15.9 Å². The number of amides is 1. The highest BCUT2D eigenvalue weighted by Crippen LogP contribution is 2.26. The van der Waals surface area contributed by atoms with Gasteiger partial charge in [-0.3, -0.25) is 10.1 Å². The average molecular weight is 432 g/mol. The second kappa shape index (κ2) is 8.51. The van der Waals surface area contributed by atoms with E-state index >= 15 is 0 Å². The lowest BCUT2D eigenvalue weighted by Gasteiger charge is -2.11. The van der Waals surface area contributed by atoms with Crippen molar-refractivity contribution in [2.24, 2.45) is 0 Å². The van der Waals surface area contributed by atoms with E-state index in [1.165, 1.54) is 46.5 Å². The molecule has 0 unspecified atom stereocenters. The first-order valence-corrected chi connectivity index (χ1v) is 10.1. The normalized spacial score (nSPS) is 11.4. The van der Waals surface area contributed by atoms with E-state index in [2.05, 4.69) is 15.5 Å². The molecule has 0 saturated carbocycles. The number of carbonyl (C=O) groups excluding carboxylic acids is 1. The number of anilines is 1. The topological polar surface area (TPSA) is 124 Å². The third kappa shape index (κ3) is 4.26. The Hall–Kier alpha value is -3.44. The summed E-state index contributed by atoms with van der Waals surface area (Å²) in [5.41, 5.74) is 0.731. The van der Waals surface area contributed by atoms with E-state index in [4.69, 9.17) is 13.9 Å². The number of methoxy groups -OCH3 is 2. The summed E-state index contributed by atoms with van der Waals surface area (Å²) in [7, 11) is 2.30.